The highest BCUT2D eigenvalue weighted by Gasteiger charge is 2.21. The maximum absolute atomic E-state index is 8.66. The van der Waals surface area contributed by atoms with Crippen LogP contribution in [0.25, 0.3) is 0 Å². The quantitative estimate of drug-likeness (QED) is 0.586. The van der Waals surface area contributed by atoms with Gasteiger partial charge in [-0.15, -0.1) is 0 Å². The summed E-state index contributed by atoms with van der Waals surface area (Å²) in [6.07, 6.45) is 2.45. The summed E-state index contributed by atoms with van der Waals surface area (Å²) in [5.41, 5.74) is 5.61. The summed E-state index contributed by atoms with van der Waals surface area (Å²) in [7, 11) is 0. The second-order valence-corrected chi connectivity index (χ2v) is 3.74. The third-order valence-electron chi connectivity index (χ3n) is 1.65. The first-order chi connectivity index (χ1) is 4.34. The van der Waals surface area contributed by atoms with Crippen LogP contribution in [0.15, 0.2) is 0 Å². The van der Waals surface area contributed by atoms with Gasteiger partial charge in [-0.25, -0.2) is 0 Å². The number of hydrogen-bond donors (Lipinski definition) is 2. The molecular formula is C6H13NOS. The van der Waals surface area contributed by atoms with Gasteiger partial charge >= 0.3 is 0 Å². The van der Waals surface area contributed by atoms with Crippen LogP contribution in [0.4, 0.5) is 0 Å². The van der Waals surface area contributed by atoms with Crippen LogP contribution >= 0.6 is 11.8 Å². The lowest BCUT2D eigenvalue weighted by Crippen LogP contribution is -2.34. The molecular weight excluding hydrogens is 134 g/mol. The van der Waals surface area contributed by atoms with Crippen LogP contribution in [-0.4, -0.2) is 28.8 Å². The lowest BCUT2D eigenvalue weighted by molar-refractivity contribution is 0.262. The first-order valence-corrected chi connectivity index (χ1v) is 4.37. The Morgan fingerprint density at radius 3 is 3.00 bits per heavy atom. The summed E-state index contributed by atoms with van der Waals surface area (Å²) in [6.45, 7) is 0.137. The van der Waals surface area contributed by atoms with Crippen molar-refractivity contribution in [3.05, 3.63) is 0 Å². The Morgan fingerprint density at radius 2 is 2.56 bits per heavy atom. The summed E-state index contributed by atoms with van der Waals surface area (Å²) in [5.74, 6) is 1.22. The molecule has 1 heterocycles. The minimum absolute atomic E-state index is 0.0116. The van der Waals surface area contributed by atoms with E-state index >= 15 is 0 Å². The van der Waals surface area contributed by atoms with E-state index in [2.05, 4.69) is 0 Å². The molecule has 3 N–H and O–H groups in total. The van der Waals surface area contributed by atoms with Crippen molar-refractivity contribution in [3.63, 3.8) is 0 Å². The molecule has 9 heavy (non-hydrogen) atoms. The first-order valence-electron chi connectivity index (χ1n) is 3.32. The van der Waals surface area contributed by atoms with E-state index in [9.17, 15) is 0 Å². The van der Waals surface area contributed by atoms with E-state index in [1.807, 2.05) is 11.8 Å². The van der Waals surface area contributed by atoms with Crippen LogP contribution in [0.5, 0.6) is 0 Å². The molecule has 2 nitrogen and oxygen atoms in total. The molecule has 0 aromatic heterocycles. The van der Waals surface area contributed by atoms with E-state index in [1.165, 1.54) is 18.6 Å². The number of hydrogen-bond acceptors (Lipinski definition) is 3. The maximum Gasteiger partial charge on any atom is 0.0593 e. The van der Waals surface area contributed by atoms with Crippen molar-refractivity contribution in [1.29, 1.82) is 0 Å². The van der Waals surface area contributed by atoms with Gasteiger partial charge in [0.2, 0.25) is 0 Å². The summed E-state index contributed by atoms with van der Waals surface area (Å²) < 4.78 is 0. The lowest BCUT2D eigenvalue weighted by Gasteiger charge is -2.14. The molecule has 0 radical (unpaired) electrons. The highest BCUT2D eigenvalue weighted by molar-refractivity contribution is 8.00. The van der Waals surface area contributed by atoms with Crippen LogP contribution in [0.1, 0.15) is 12.8 Å². The van der Waals surface area contributed by atoms with Gasteiger partial charge in [-0.1, -0.05) is 0 Å². The van der Waals surface area contributed by atoms with Crippen LogP contribution in [0.2, 0.25) is 0 Å². The van der Waals surface area contributed by atoms with Crippen LogP contribution in [-0.2, 0) is 0 Å². The molecule has 1 aliphatic rings. The van der Waals surface area contributed by atoms with Crippen LogP contribution < -0.4 is 5.73 Å². The largest absolute Gasteiger partial charge is 0.395 e. The summed E-state index contributed by atoms with van der Waals surface area (Å²) >= 11 is 1.89. The Bertz CT molecular complexity index is 83.1. The average Bonchev–Trinajstić information content (AvgIpc) is 2.37. The van der Waals surface area contributed by atoms with Gasteiger partial charge < -0.3 is 10.8 Å². The summed E-state index contributed by atoms with van der Waals surface area (Å²) in [5, 5.41) is 9.18. The van der Waals surface area contributed by atoms with Crippen molar-refractivity contribution in [3.8, 4) is 0 Å². The SMILES string of the molecule is N[C@H](CO)C1CCCS1. The van der Waals surface area contributed by atoms with Crippen molar-refractivity contribution in [2.75, 3.05) is 12.4 Å². The summed E-state index contributed by atoms with van der Waals surface area (Å²) in [4.78, 5) is 0. The molecule has 1 rings (SSSR count). The predicted octanol–water partition coefficient (Wildman–Crippen LogP) is 0.202. The molecule has 1 saturated heterocycles. The van der Waals surface area contributed by atoms with Gasteiger partial charge in [-0.3, -0.25) is 0 Å². The van der Waals surface area contributed by atoms with Crippen LogP contribution in [0.3, 0.4) is 0 Å². The van der Waals surface area contributed by atoms with E-state index < -0.39 is 0 Å². The third-order valence-corrected chi connectivity index (χ3v) is 3.19. The van der Waals surface area contributed by atoms with E-state index in [1.54, 1.807) is 0 Å². The second-order valence-electron chi connectivity index (χ2n) is 2.40. The van der Waals surface area contributed by atoms with Crippen LogP contribution in [0, 0.1) is 0 Å². The molecule has 0 bridgehead atoms. The highest BCUT2D eigenvalue weighted by Crippen LogP contribution is 2.27. The van der Waals surface area contributed by atoms with Gasteiger partial charge in [0.1, 0.15) is 0 Å². The molecule has 0 saturated carbocycles. The van der Waals surface area contributed by atoms with Gasteiger partial charge in [0.15, 0.2) is 0 Å². The van der Waals surface area contributed by atoms with Crippen molar-refractivity contribution in [2.24, 2.45) is 5.73 Å². The predicted molar refractivity (Wildman–Crippen MR) is 40.5 cm³/mol. The Hall–Kier alpha value is 0.270. The number of rotatable bonds is 2. The Labute approximate surface area is 59.8 Å². The molecule has 1 fully saturated rings. The fourth-order valence-corrected chi connectivity index (χ4v) is 2.36. The molecule has 0 aromatic rings. The molecule has 0 aromatic carbocycles. The zero-order valence-electron chi connectivity index (χ0n) is 5.42. The Balaban J connectivity index is 2.24. The van der Waals surface area contributed by atoms with Crippen molar-refractivity contribution >= 4 is 11.8 Å². The van der Waals surface area contributed by atoms with E-state index in [0.717, 1.165) is 0 Å². The molecule has 0 aliphatic carbocycles. The maximum atomic E-state index is 8.66. The fraction of sp³-hybridized carbons (Fsp3) is 1.00. The monoisotopic (exact) mass is 147 g/mol. The lowest BCUT2D eigenvalue weighted by atomic mass is 10.1. The van der Waals surface area contributed by atoms with E-state index in [0.29, 0.717) is 5.25 Å². The molecule has 3 heteroatoms. The van der Waals surface area contributed by atoms with Crippen molar-refractivity contribution in [2.45, 2.75) is 24.1 Å². The Kier molecular flexibility index (Phi) is 2.82. The average molecular weight is 147 g/mol. The normalized spacial score (nSPS) is 30.7. The van der Waals surface area contributed by atoms with Gasteiger partial charge in [0, 0.05) is 11.3 Å². The molecule has 1 unspecified atom stereocenters. The van der Waals surface area contributed by atoms with E-state index in [4.69, 9.17) is 10.8 Å². The van der Waals surface area contributed by atoms with Crippen molar-refractivity contribution < 1.29 is 5.11 Å². The molecule has 2 atom stereocenters. The zero-order chi connectivity index (χ0) is 6.69. The zero-order valence-corrected chi connectivity index (χ0v) is 6.23. The standard InChI is InChI=1S/C6H13NOS/c7-5(4-8)6-2-1-3-9-6/h5-6,8H,1-4,7H2/t5-,6?/m1/s1. The Morgan fingerprint density at radius 1 is 1.78 bits per heavy atom. The fourth-order valence-electron chi connectivity index (χ4n) is 1.06. The minimum atomic E-state index is 0.0116. The summed E-state index contributed by atoms with van der Waals surface area (Å²) in [6, 6.07) is 0.0116. The van der Waals surface area contributed by atoms with Gasteiger partial charge in [0.05, 0.1) is 6.61 Å². The number of aliphatic hydroxyl groups excluding tert-OH is 1. The minimum Gasteiger partial charge on any atom is -0.395 e. The number of thioether (sulfide) groups is 1. The number of aliphatic hydroxyl groups is 1. The van der Waals surface area contributed by atoms with Gasteiger partial charge in [-0.2, -0.15) is 11.8 Å². The van der Waals surface area contributed by atoms with E-state index in [-0.39, 0.29) is 12.6 Å². The smallest absolute Gasteiger partial charge is 0.0593 e. The second kappa shape index (κ2) is 3.44. The highest BCUT2D eigenvalue weighted by atomic mass is 32.2. The first kappa shape index (κ1) is 7.38. The topological polar surface area (TPSA) is 46.2 Å². The van der Waals surface area contributed by atoms with Gasteiger partial charge in [-0.05, 0) is 18.6 Å². The molecule has 1 aliphatic heterocycles. The van der Waals surface area contributed by atoms with Crippen molar-refractivity contribution in [1.82, 2.24) is 0 Å². The number of nitrogens with two attached hydrogens (primary N) is 1. The molecule has 0 amide bonds. The van der Waals surface area contributed by atoms with Gasteiger partial charge in [0.25, 0.3) is 0 Å². The molecule has 0 spiro atoms. The molecule has 54 valence electrons. The third kappa shape index (κ3) is 1.85.